The second kappa shape index (κ2) is 4.08. The molecule has 0 saturated carbocycles. The Morgan fingerprint density at radius 1 is 1.44 bits per heavy atom. The van der Waals surface area contributed by atoms with Crippen LogP contribution in [0.5, 0.6) is 0 Å². The molecule has 1 fully saturated rings. The molecular formula is C12H19N3S. The molecule has 0 aromatic carbocycles. The number of nitrogens with one attached hydrogen (secondary N) is 1. The number of thioether (sulfide) groups is 1. The van der Waals surface area contributed by atoms with Crippen molar-refractivity contribution in [3.63, 3.8) is 0 Å². The SMILES string of the molecule is CC1(c2cn3c(n2)SCCCC3)CCCN1. The van der Waals surface area contributed by atoms with Gasteiger partial charge in [-0.05, 0) is 39.2 Å². The number of hydrogen-bond acceptors (Lipinski definition) is 3. The normalized spacial score (nSPS) is 30.1. The van der Waals surface area contributed by atoms with Crippen LogP contribution in [0.4, 0.5) is 0 Å². The molecule has 3 nitrogen and oxygen atoms in total. The lowest BCUT2D eigenvalue weighted by Crippen LogP contribution is -2.33. The van der Waals surface area contributed by atoms with Gasteiger partial charge in [-0.1, -0.05) is 11.8 Å². The first-order valence-corrected chi connectivity index (χ1v) is 7.22. The number of rotatable bonds is 1. The van der Waals surface area contributed by atoms with Gasteiger partial charge in [-0.25, -0.2) is 4.98 Å². The molecule has 1 N–H and O–H groups in total. The van der Waals surface area contributed by atoms with Gasteiger partial charge in [0.05, 0.1) is 11.2 Å². The summed E-state index contributed by atoms with van der Waals surface area (Å²) in [5.41, 5.74) is 1.37. The number of aromatic nitrogens is 2. The molecule has 1 aromatic heterocycles. The van der Waals surface area contributed by atoms with E-state index in [1.165, 1.54) is 42.3 Å². The van der Waals surface area contributed by atoms with Crippen LogP contribution in [0, 0.1) is 0 Å². The zero-order chi connectivity index (χ0) is 11.0. The van der Waals surface area contributed by atoms with Crippen LogP contribution in [0.1, 0.15) is 38.3 Å². The maximum absolute atomic E-state index is 4.83. The lowest BCUT2D eigenvalue weighted by molar-refractivity contribution is 0.421. The van der Waals surface area contributed by atoms with Crippen LogP contribution >= 0.6 is 11.8 Å². The predicted molar refractivity (Wildman–Crippen MR) is 66.8 cm³/mol. The van der Waals surface area contributed by atoms with Crippen molar-refractivity contribution in [3.8, 4) is 0 Å². The van der Waals surface area contributed by atoms with E-state index < -0.39 is 0 Å². The number of nitrogens with zero attached hydrogens (tertiary/aromatic N) is 2. The third kappa shape index (κ3) is 1.78. The standard InChI is InChI=1S/C12H19N3S/c1-12(5-4-6-13-12)10-9-15-7-2-3-8-16-11(15)14-10/h9,13H,2-8H2,1H3. The van der Waals surface area contributed by atoms with Gasteiger partial charge in [-0.15, -0.1) is 0 Å². The van der Waals surface area contributed by atoms with Crippen LogP contribution in [-0.2, 0) is 12.1 Å². The van der Waals surface area contributed by atoms with E-state index in [0.29, 0.717) is 0 Å². The highest BCUT2D eigenvalue weighted by Crippen LogP contribution is 2.32. The number of hydrogen-bond donors (Lipinski definition) is 1. The first-order chi connectivity index (χ1) is 7.78. The quantitative estimate of drug-likeness (QED) is 0.813. The fourth-order valence-corrected chi connectivity index (χ4v) is 3.60. The molecule has 2 aliphatic rings. The van der Waals surface area contributed by atoms with Gasteiger partial charge in [-0.3, -0.25) is 0 Å². The molecule has 0 aliphatic carbocycles. The lowest BCUT2D eigenvalue weighted by atomic mass is 9.97. The van der Waals surface area contributed by atoms with Gasteiger partial charge in [0.15, 0.2) is 5.16 Å². The minimum atomic E-state index is 0.125. The molecule has 0 spiro atoms. The Balaban J connectivity index is 1.91. The minimum absolute atomic E-state index is 0.125. The molecule has 3 heterocycles. The van der Waals surface area contributed by atoms with Crippen molar-refractivity contribution in [2.45, 2.75) is 49.8 Å². The van der Waals surface area contributed by atoms with E-state index in [-0.39, 0.29) is 5.54 Å². The second-order valence-corrected chi connectivity index (χ2v) is 6.08. The molecule has 1 atom stereocenters. The fourth-order valence-electron chi connectivity index (χ4n) is 2.60. The maximum Gasteiger partial charge on any atom is 0.168 e. The number of imidazole rings is 1. The van der Waals surface area contributed by atoms with E-state index in [1.807, 2.05) is 11.8 Å². The lowest BCUT2D eigenvalue weighted by Gasteiger charge is -2.21. The van der Waals surface area contributed by atoms with Crippen molar-refractivity contribution >= 4 is 11.8 Å². The fraction of sp³-hybridized carbons (Fsp3) is 0.750. The van der Waals surface area contributed by atoms with Crippen LogP contribution in [0.3, 0.4) is 0 Å². The third-order valence-corrected chi connectivity index (χ3v) is 4.78. The van der Waals surface area contributed by atoms with Gasteiger partial charge in [0.2, 0.25) is 0 Å². The van der Waals surface area contributed by atoms with E-state index in [1.54, 1.807) is 0 Å². The monoisotopic (exact) mass is 237 g/mol. The van der Waals surface area contributed by atoms with Crippen molar-refractivity contribution < 1.29 is 0 Å². The number of fused-ring (bicyclic) bond motifs is 1. The molecular weight excluding hydrogens is 218 g/mol. The Kier molecular flexibility index (Phi) is 2.72. The van der Waals surface area contributed by atoms with Crippen molar-refractivity contribution in [2.75, 3.05) is 12.3 Å². The molecule has 4 heteroatoms. The Bertz CT molecular complexity index is 356. The summed E-state index contributed by atoms with van der Waals surface area (Å²) < 4.78 is 2.35. The summed E-state index contributed by atoms with van der Waals surface area (Å²) in [7, 11) is 0. The van der Waals surface area contributed by atoms with Crippen LogP contribution < -0.4 is 5.32 Å². The second-order valence-electron chi connectivity index (χ2n) is 5.02. The Morgan fingerprint density at radius 2 is 2.38 bits per heavy atom. The molecule has 1 unspecified atom stereocenters. The van der Waals surface area contributed by atoms with E-state index in [0.717, 1.165) is 13.1 Å². The summed E-state index contributed by atoms with van der Waals surface area (Å²) in [6.45, 7) is 4.56. The molecule has 0 amide bonds. The topological polar surface area (TPSA) is 29.9 Å². The van der Waals surface area contributed by atoms with Crippen LogP contribution in [0.2, 0.25) is 0 Å². The molecule has 1 saturated heterocycles. The van der Waals surface area contributed by atoms with Crippen molar-refractivity contribution in [3.05, 3.63) is 11.9 Å². The zero-order valence-electron chi connectivity index (χ0n) is 9.83. The summed E-state index contributed by atoms with van der Waals surface area (Å²) in [5.74, 6) is 1.22. The molecule has 3 rings (SSSR count). The van der Waals surface area contributed by atoms with E-state index in [4.69, 9.17) is 4.98 Å². The van der Waals surface area contributed by atoms with E-state index in [9.17, 15) is 0 Å². The first-order valence-electron chi connectivity index (χ1n) is 6.23. The highest BCUT2D eigenvalue weighted by atomic mass is 32.2. The highest BCUT2D eigenvalue weighted by molar-refractivity contribution is 7.99. The summed E-state index contributed by atoms with van der Waals surface area (Å²) >= 11 is 1.91. The Hall–Kier alpha value is -0.480. The van der Waals surface area contributed by atoms with E-state index >= 15 is 0 Å². The molecule has 1 aromatic rings. The summed E-state index contributed by atoms with van der Waals surface area (Å²) in [6.07, 6.45) is 7.37. The first kappa shape index (κ1) is 10.7. The average molecular weight is 237 g/mol. The predicted octanol–water partition coefficient (Wildman–Crippen LogP) is 2.37. The maximum atomic E-state index is 4.83. The molecule has 16 heavy (non-hydrogen) atoms. The molecule has 2 aliphatic heterocycles. The third-order valence-electron chi connectivity index (χ3n) is 3.70. The molecule has 88 valence electrons. The minimum Gasteiger partial charge on any atom is -0.326 e. The molecule has 0 bridgehead atoms. The van der Waals surface area contributed by atoms with Gasteiger partial charge >= 0.3 is 0 Å². The van der Waals surface area contributed by atoms with Crippen LogP contribution in [0.25, 0.3) is 0 Å². The van der Waals surface area contributed by atoms with E-state index in [2.05, 4.69) is 23.0 Å². The summed E-state index contributed by atoms with van der Waals surface area (Å²) in [5, 5.41) is 4.81. The van der Waals surface area contributed by atoms with Crippen molar-refractivity contribution in [1.29, 1.82) is 0 Å². The van der Waals surface area contributed by atoms with Gasteiger partial charge in [-0.2, -0.15) is 0 Å². The summed E-state index contributed by atoms with van der Waals surface area (Å²) in [6, 6.07) is 0. The Morgan fingerprint density at radius 3 is 3.19 bits per heavy atom. The van der Waals surface area contributed by atoms with Crippen LogP contribution in [-0.4, -0.2) is 21.8 Å². The van der Waals surface area contributed by atoms with Gasteiger partial charge < -0.3 is 9.88 Å². The van der Waals surface area contributed by atoms with Crippen molar-refractivity contribution in [2.24, 2.45) is 0 Å². The zero-order valence-corrected chi connectivity index (χ0v) is 10.6. The van der Waals surface area contributed by atoms with Gasteiger partial charge in [0.25, 0.3) is 0 Å². The van der Waals surface area contributed by atoms with Crippen LogP contribution in [0.15, 0.2) is 11.4 Å². The Labute approximate surface area is 101 Å². The smallest absolute Gasteiger partial charge is 0.168 e. The largest absolute Gasteiger partial charge is 0.326 e. The van der Waals surface area contributed by atoms with Crippen molar-refractivity contribution in [1.82, 2.24) is 14.9 Å². The highest BCUT2D eigenvalue weighted by Gasteiger charge is 2.33. The number of aryl methyl sites for hydroxylation is 1. The van der Waals surface area contributed by atoms with Gasteiger partial charge in [0.1, 0.15) is 0 Å². The molecule has 0 radical (unpaired) electrons. The average Bonchev–Trinajstić information content (AvgIpc) is 2.82. The van der Waals surface area contributed by atoms with Gasteiger partial charge in [0, 0.05) is 18.5 Å². The summed E-state index contributed by atoms with van der Waals surface area (Å²) in [4.78, 5) is 4.83.